The SMILES string of the molecule is CN=C(NCCCc1cccc(OC)c1)NCCc1ccc(S(C)(=O)=O)cc1. The first kappa shape index (κ1) is 21.8. The lowest BCUT2D eigenvalue weighted by molar-refractivity contribution is 0.414. The average molecular weight is 404 g/mol. The summed E-state index contributed by atoms with van der Waals surface area (Å²) in [6.45, 7) is 1.54. The van der Waals surface area contributed by atoms with Crippen molar-refractivity contribution in [1.29, 1.82) is 0 Å². The molecule has 2 aromatic rings. The van der Waals surface area contributed by atoms with Crippen molar-refractivity contribution in [2.45, 2.75) is 24.2 Å². The summed E-state index contributed by atoms with van der Waals surface area (Å²) in [5.74, 6) is 1.64. The molecule has 0 fully saturated rings. The molecule has 0 atom stereocenters. The van der Waals surface area contributed by atoms with Gasteiger partial charge in [0.25, 0.3) is 0 Å². The molecule has 0 unspecified atom stereocenters. The van der Waals surface area contributed by atoms with Gasteiger partial charge in [0, 0.05) is 26.4 Å². The molecule has 0 radical (unpaired) electrons. The third-order valence-corrected chi connectivity index (χ3v) is 5.48. The molecule has 6 nitrogen and oxygen atoms in total. The minimum Gasteiger partial charge on any atom is -0.497 e. The summed E-state index contributed by atoms with van der Waals surface area (Å²) >= 11 is 0. The normalized spacial score (nSPS) is 11.9. The van der Waals surface area contributed by atoms with Crippen molar-refractivity contribution in [3.05, 3.63) is 59.7 Å². The fraction of sp³-hybridized carbons (Fsp3) is 0.381. The van der Waals surface area contributed by atoms with Crippen molar-refractivity contribution >= 4 is 15.8 Å². The van der Waals surface area contributed by atoms with Gasteiger partial charge in [-0.25, -0.2) is 8.42 Å². The Balaban J connectivity index is 1.70. The minimum absolute atomic E-state index is 0.345. The molecule has 0 aliphatic rings. The van der Waals surface area contributed by atoms with Crippen molar-refractivity contribution in [3.8, 4) is 5.75 Å². The highest BCUT2D eigenvalue weighted by Crippen LogP contribution is 2.13. The zero-order valence-corrected chi connectivity index (χ0v) is 17.6. The number of aryl methyl sites for hydroxylation is 1. The molecule has 152 valence electrons. The number of rotatable bonds is 9. The Labute approximate surface area is 168 Å². The molecule has 0 bridgehead atoms. The van der Waals surface area contributed by atoms with Crippen LogP contribution in [0.4, 0.5) is 0 Å². The van der Waals surface area contributed by atoms with Gasteiger partial charge in [0.2, 0.25) is 0 Å². The third-order valence-electron chi connectivity index (χ3n) is 4.35. The highest BCUT2D eigenvalue weighted by Gasteiger charge is 2.06. The summed E-state index contributed by atoms with van der Waals surface area (Å²) in [5, 5.41) is 6.59. The number of aliphatic imine (C=N–C) groups is 1. The fourth-order valence-electron chi connectivity index (χ4n) is 2.78. The zero-order chi connectivity index (χ0) is 20.4. The molecule has 2 rings (SSSR count). The first-order valence-corrected chi connectivity index (χ1v) is 11.2. The van der Waals surface area contributed by atoms with Gasteiger partial charge in [-0.3, -0.25) is 4.99 Å². The summed E-state index contributed by atoms with van der Waals surface area (Å²) in [7, 11) is 0.279. The number of hydrogen-bond acceptors (Lipinski definition) is 4. The number of methoxy groups -OCH3 is 1. The van der Waals surface area contributed by atoms with Crippen molar-refractivity contribution in [2.24, 2.45) is 4.99 Å². The minimum atomic E-state index is -3.15. The van der Waals surface area contributed by atoms with Gasteiger partial charge in [-0.1, -0.05) is 24.3 Å². The van der Waals surface area contributed by atoms with Crippen LogP contribution in [-0.2, 0) is 22.7 Å². The van der Waals surface area contributed by atoms with E-state index < -0.39 is 9.84 Å². The second-order valence-electron chi connectivity index (χ2n) is 6.55. The Morgan fingerprint density at radius 2 is 1.71 bits per heavy atom. The number of nitrogens with zero attached hydrogens (tertiary/aromatic N) is 1. The molecule has 0 saturated carbocycles. The van der Waals surface area contributed by atoms with Crippen molar-refractivity contribution in [3.63, 3.8) is 0 Å². The third kappa shape index (κ3) is 7.23. The summed E-state index contributed by atoms with van der Waals surface area (Å²) in [6, 6.07) is 15.1. The van der Waals surface area contributed by atoms with Crippen molar-refractivity contribution in [2.75, 3.05) is 33.5 Å². The van der Waals surface area contributed by atoms with Gasteiger partial charge >= 0.3 is 0 Å². The van der Waals surface area contributed by atoms with E-state index in [1.165, 1.54) is 11.8 Å². The molecule has 0 heterocycles. The van der Waals surface area contributed by atoms with E-state index in [0.29, 0.717) is 11.4 Å². The van der Waals surface area contributed by atoms with Gasteiger partial charge < -0.3 is 15.4 Å². The maximum atomic E-state index is 11.5. The molecule has 0 aliphatic carbocycles. The van der Waals surface area contributed by atoms with Crippen LogP contribution in [0.2, 0.25) is 0 Å². The highest BCUT2D eigenvalue weighted by molar-refractivity contribution is 7.90. The molecule has 7 heteroatoms. The van der Waals surface area contributed by atoms with Crippen LogP contribution in [0.1, 0.15) is 17.5 Å². The van der Waals surface area contributed by atoms with Crippen LogP contribution in [0.5, 0.6) is 5.75 Å². The van der Waals surface area contributed by atoms with E-state index >= 15 is 0 Å². The van der Waals surface area contributed by atoms with Crippen LogP contribution in [0.15, 0.2) is 58.4 Å². The van der Waals surface area contributed by atoms with Crippen molar-refractivity contribution < 1.29 is 13.2 Å². The molecule has 0 spiro atoms. The number of sulfone groups is 1. The molecule has 0 saturated heterocycles. The van der Waals surface area contributed by atoms with Crippen LogP contribution in [0.25, 0.3) is 0 Å². The maximum Gasteiger partial charge on any atom is 0.190 e. The second-order valence-corrected chi connectivity index (χ2v) is 8.56. The van der Waals surface area contributed by atoms with Crippen LogP contribution >= 0.6 is 0 Å². The molecule has 2 N–H and O–H groups in total. The van der Waals surface area contributed by atoms with Crippen molar-refractivity contribution in [1.82, 2.24) is 10.6 Å². The first-order chi connectivity index (χ1) is 13.4. The smallest absolute Gasteiger partial charge is 0.190 e. The summed E-state index contributed by atoms with van der Waals surface area (Å²) in [5.41, 5.74) is 2.33. The molecule has 28 heavy (non-hydrogen) atoms. The maximum absolute atomic E-state index is 11.5. The molecule has 0 aliphatic heterocycles. The topological polar surface area (TPSA) is 79.8 Å². The molecule has 0 amide bonds. The molecular weight excluding hydrogens is 374 g/mol. The van der Waals surface area contributed by atoms with Gasteiger partial charge in [0.15, 0.2) is 15.8 Å². The Morgan fingerprint density at radius 1 is 1.00 bits per heavy atom. The van der Waals surface area contributed by atoms with Gasteiger partial charge in [0.1, 0.15) is 5.75 Å². The quantitative estimate of drug-likeness (QED) is 0.382. The molecular formula is C21H29N3O3S. The van der Waals surface area contributed by atoms with Crippen LogP contribution < -0.4 is 15.4 Å². The van der Waals surface area contributed by atoms with E-state index in [2.05, 4.69) is 27.8 Å². The van der Waals surface area contributed by atoms with Crippen LogP contribution in [0.3, 0.4) is 0 Å². The fourth-order valence-corrected chi connectivity index (χ4v) is 3.41. The average Bonchev–Trinajstić information content (AvgIpc) is 2.69. The standard InChI is InChI=1S/C21H29N3O3S/c1-22-21(23-14-5-7-18-6-4-8-19(16-18)27-2)24-15-13-17-9-11-20(12-10-17)28(3,25)26/h4,6,8-12,16H,5,7,13-15H2,1-3H3,(H2,22,23,24). The van der Waals surface area contributed by atoms with Gasteiger partial charge in [-0.05, 0) is 54.7 Å². The van der Waals surface area contributed by atoms with E-state index in [1.54, 1.807) is 26.3 Å². The highest BCUT2D eigenvalue weighted by atomic mass is 32.2. The van der Waals surface area contributed by atoms with E-state index in [-0.39, 0.29) is 0 Å². The monoisotopic (exact) mass is 403 g/mol. The lowest BCUT2D eigenvalue weighted by atomic mass is 10.1. The Kier molecular flexibility index (Phi) is 8.32. The van der Waals surface area contributed by atoms with Gasteiger partial charge in [-0.15, -0.1) is 0 Å². The second kappa shape index (κ2) is 10.7. The largest absolute Gasteiger partial charge is 0.497 e. The number of hydrogen-bond donors (Lipinski definition) is 2. The number of ether oxygens (including phenoxy) is 1. The number of benzene rings is 2. The van der Waals surface area contributed by atoms with Crippen LogP contribution in [0, 0.1) is 0 Å². The zero-order valence-electron chi connectivity index (χ0n) is 16.7. The van der Waals surface area contributed by atoms with E-state index in [1.807, 2.05) is 24.3 Å². The lowest BCUT2D eigenvalue weighted by Crippen LogP contribution is -2.38. The Hall–Kier alpha value is -2.54. The molecule has 2 aromatic carbocycles. The molecule has 0 aromatic heterocycles. The summed E-state index contributed by atoms with van der Waals surface area (Å²) in [4.78, 5) is 4.58. The first-order valence-electron chi connectivity index (χ1n) is 9.29. The lowest BCUT2D eigenvalue weighted by Gasteiger charge is -2.12. The van der Waals surface area contributed by atoms with Crippen LogP contribution in [-0.4, -0.2) is 47.9 Å². The Morgan fingerprint density at radius 3 is 2.36 bits per heavy atom. The number of guanidine groups is 1. The summed E-state index contributed by atoms with van der Waals surface area (Å²) in [6.07, 6.45) is 3.96. The van der Waals surface area contributed by atoms with E-state index in [9.17, 15) is 8.42 Å². The Bertz CT molecular complexity index is 878. The van der Waals surface area contributed by atoms with E-state index in [4.69, 9.17) is 4.74 Å². The predicted octanol–water partition coefficient (Wildman–Crippen LogP) is 2.44. The van der Waals surface area contributed by atoms with Gasteiger partial charge in [0.05, 0.1) is 12.0 Å². The van der Waals surface area contributed by atoms with E-state index in [0.717, 1.165) is 43.1 Å². The van der Waals surface area contributed by atoms with Gasteiger partial charge in [-0.2, -0.15) is 0 Å². The predicted molar refractivity (Wildman–Crippen MR) is 114 cm³/mol. The number of nitrogens with one attached hydrogen (secondary N) is 2. The summed E-state index contributed by atoms with van der Waals surface area (Å²) < 4.78 is 28.2.